The zero-order chi connectivity index (χ0) is 18.3. The molecule has 1 fully saturated rings. The fourth-order valence-corrected chi connectivity index (χ4v) is 3.24. The van der Waals surface area contributed by atoms with Crippen LogP contribution < -0.4 is 14.8 Å². The molecule has 0 saturated heterocycles. The van der Waals surface area contributed by atoms with Crippen LogP contribution in [0.25, 0.3) is 0 Å². The molecule has 6 nitrogen and oxygen atoms in total. The molecule has 134 valence electrons. The van der Waals surface area contributed by atoms with E-state index in [1.807, 2.05) is 18.2 Å². The van der Waals surface area contributed by atoms with Gasteiger partial charge in [0.15, 0.2) is 11.5 Å². The Balaban J connectivity index is 1.59. The summed E-state index contributed by atoms with van der Waals surface area (Å²) in [6.07, 6.45) is 1.46. The van der Waals surface area contributed by atoms with Crippen molar-refractivity contribution in [3.05, 3.63) is 52.5 Å². The Labute approximate surface area is 155 Å². The van der Waals surface area contributed by atoms with Crippen molar-refractivity contribution in [3.8, 4) is 11.5 Å². The van der Waals surface area contributed by atoms with E-state index in [0.717, 1.165) is 18.4 Å². The topological polar surface area (TPSA) is 73.9 Å². The Morgan fingerprint density at radius 1 is 1.12 bits per heavy atom. The fraction of sp³-hybridized carbons (Fsp3) is 0.263. The number of methoxy groups -OCH3 is 1. The van der Waals surface area contributed by atoms with Gasteiger partial charge in [-0.3, -0.25) is 4.79 Å². The lowest BCUT2D eigenvalue weighted by Gasteiger charge is -2.17. The minimum Gasteiger partial charge on any atom is -0.465 e. The third-order valence-electron chi connectivity index (χ3n) is 4.75. The number of amides is 1. The monoisotopic (exact) mass is 373 g/mol. The van der Waals surface area contributed by atoms with E-state index in [0.29, 0.717) is 27.8 Å². The summed E-state index contributed by atoms with van der Waals surface area (Å²) < 4.78 is 15.4. The summed E-state index contributed by atoms with van der Waals surface area (Å²) in [4.78, 5) is 24.6. The SMILES string of the molecule is COC(=O)c1ccc(Cl)c(NC(=O)C2(c3ccc4c(c3)OCO4)CC2)c1. The van der Waals surface area contributed by atoms with Crippen LogP contribution in [0.4, 0.5) is 5.69 Å². The quantitative estimate of drug-likeness (QED) is 0.830. The van der Waals surface area contributed by atoms with E-state index in [2.05, 4.69) is 5.32 Å². The van der Waals surface area contributed by atoms with Gasteiger partial charge in [0.05, 0.1) is 28.8 Å². The van der Waals surface area contributed by atoms with Crippen molar-refractivity contribution in [2.75, 3.05) is 19.2 Å². The molecule has 0 unspecified atom stereocenters. The van der Waals surface area contributed by atoms with Gasteiger partial charge in [-0.15, -0.1) is 0 Å². The number of ether oxygens (including phenoxy) is 3. The lowest BCUT2D eigenvalue weighted by Crippen LogP contribution is -2.28. The first-order valence-corrected chi connectivity index (χ1v) is 8.51. The molecule has 1 saturated carbocycles. The molecular weight excluding hydrogens is 358 g/mol. The second kappa shape index (κ2) is 6.21. The average Bonchev–Trinajstić information content (AvgIpc) is 3.34. The van der Waals surface area contributed by atoms with Crippen molar-refractivity contribution in [1.82, 2.24) is 0 Å². The molecule has 7 heteroatoms. The van der Waals surface area contributed by atoms with Crippen molar-refractivity contribution in [2.24, 2.45) is 0 Å². The Morgan fingerprint density at radius 3 is 2.62 bits per heavy atom. The second-order valence-corrected chi connectivity index (χ2v) is 6.70. The molecule has 2 aromatic rings. The van der Waals surface area contributed by atoms with Gasteiger partial charge in [0.2, 0.25) is 12.7 Å². The van der Waals surface area contributed by atoms with Crippen LogP contribution in [-0.4, -0.2) is 25.8 Å². The highest BCUT2D eigenvalue weighted by atomic mass is 35.5. The molecule has 0 bridgehead atoms. The number of nitrogens with one attached hydrogen (secondary N) is 1. The fourth-order valence-electron chi connectivity index (χ4n) is 3.07. The number of esters is 1. The van der Waals surface area contributed by atoms with Crippen LogP contribution in [-0.2, 0) is 14.9 Å². The predicted octanol–water partition coefficient (Wildman–Crippen LogP) is 3.53. The Morgan fingerprint density at radius 2 is 1.88 bits per heavy atom. The van der Waals surface area contributed by atoms with Gasteiger partial charge in [-0.2, -0.15) is 0 Å². The minimum atomic E-state index is -0.619. The van der Waals surface area contributed by atoms with E-state index in [4.69, 9.17) is 25.8 Å². The molecule has 2 aliphatic rings. The number of carbonyl (C=O) groups is 2. The van der Waals surface area contributed by atoms with Gasteiger partial charge in [-0.05, 0) is 48.7 Å². The van der Waals surface area contributed by atoms with E-state index >= 15 is 0 Å². The number of halogens is 1. The highest BCUT2D eigenvalue weighted by Crippen LogP contribution is 2.51. The molecule has 0 spiro atoms. The maximum Gasteiger partial charge on any atom is 0.337 e. The first-order chi connectivity index (χ1) is 12.5. The van der Waals surface area contributed by atoms with Gasteiger partial charge in [-0.1, -0.05) is 17.7 Å². The number of carbonyl (C=O) groups excluding carboxylic acids is 2. The van der Waals surface area contributed by atoms with Gasteiger partial charge in [0, 0.05) is 0 Å². The molecule has 26 heavy (non-hydrogen) atoms. The minimum absolute atomic E-state index is 0.166. The number of hydrogen-bond donors (Lipinski definition) is 1. The third kappa shape index (κ3) is 2.76. The molecule has 1 heterocycles. The van der Waals surface area contributed by atoms with E-state index in [1.54, 1.807) is 12.1 Å². The largest absolute Gasteiger partial charge is 0.465 e. The Bertz CT molecular complexity index is 907. The molecule has 1 N–H and O–H groups in total. The third-order valence-corrected chi connectivity index (χ3v) is 5.08. The van der Waals surface area contributed by atoms with Crippen LogP contribution in [0.15, 0.2) is 36.4 Å². The van der Waals surface area contributed by atoms with Crippen LogP contribution in [0.1, 0.15) is 28.8 Å². The maximum atomic E-state index is 12.9. The summed E-state index contributed by atoms with van der Waals surface area (Å²) in [5.74, 6) is 0.667. The molecule has 1 amide bonds. The molecule has 0 radical (unpaired) electrons. The van der Waals surface area contributed by atoms with Gasteiger partial charge >= 0.3 is 5.97 Å². The molecule has 0 aromatic heterocycles. The molecular formula is C19H16ClNO5. The van der Waals surface area contributed by atoms with E-state index < -0.39 is 11.4 Å². The molecule has 4 rings (SSSR count). The standard InChI is InChI=1S/C19H16ClNO5/c1-24-17(22)11-2-4-13(20)14(8-11)21-18(23)19(6-7-19)12-3-5-15-16(9-12)26-10-25-15/h2-5,8-9H,6-7,10H2,1H3,(H,21,23). The van der Waals surface area contributed by atoms with Gasteiger partial charge in [0.25, 0.3) is 0 Å². The average molecular weight is 374 g/mol. The molecule has 0 atom stereocenters. The summed E-state index contributed by atoms with van der Waals surface area (Å²) in [7, 11) is 1.30. The zero-order valence-electron chi connectivity index (χ0n) is 14.0. The van der Waals surface area contributed by atoms with E-state index in [1.165, 1.54) is 13.2 Å². The number of rotatable bonds is 4. The Kier molecular flexibility index (Phi) is 4.00. The van der Waals surface area contributed by atoms with Crippen molar-refractivity contribution in [2.45, 2.75) is 18.3 Å². The summed E-state index contributed by atoms with van der Waals surface area (Å²) in [5, 5.41) is 3.20. The number of anilines is 1. The number of hydrogen-bond acceptors (Lipinski definition) is 5. The van der Waals surface area contributed by atoms with Crippen LogP contribution in [0.5, 0.6) is 11.5 Å². The number of benzene rings is 2. The highest BCUT2D eigenvalue weighted by molar-refractivity contribution is 6.34. The van der Waals surface area contributed by atoms with Crippen LogP contribution in [0.3, 0.4) is 0 Å². The summed E-state index contributed by atoms with van der Waals surface area (Å²) >= 11 is 6.18. The number of fused-ring (bicyclic) bond motifs is 1. The lowest BCUT2D eigenvalue weighted by atomic mass is 9.94. The van der Waals surface area contributed by atoms with Crippen molar-refractivity contribution in [3.63, 3.8) is 0 Å². The smallest absolute Gasteiger partial charge is 0.337 e. The predicted molar refractivity (Wildman–Crippen MR) is 94.9 cm³/mol. The zero-order valence-corrected chi connectivity index (χ0v) is 14.8. The summed E-state index contributed by atoms with van der Waals surface area (Å²) in [6, 6.07) is 10.2. The molecule has 1 aliphatic heterocycles. The van der Waals surface area contributed by atoms with Gasteiger partial charge in [-0.25, -0.2) is 4.79 Å². The van der Waals surface area contributed by atoms with Crippen molar-refractivity contribution >= 4 is 29.2 Å². The van der Waals surface area contributed by atoms with Gasteiger partial charge in [0.1, 0.15) is 0 Å². The molecule has 1 aliphatic carbocycles. The van der Waals surface area contributed by atoms with E-state index in [-0.39, 0.29) is 12.7 Å². The van der Waals surface area contributed by atoms with E-state index in [9.17, 15) is 9.59 Å². The summed E-state index contributed by atoms with van der Waals surface area (Å²) in [5.41, 5.74) is 0.956. The molecule has 2 aromatic carbocycles. The van der Waals surface area contributed by atoms with Crippen molar-refractivity contribution in [1.29, 1.82) is 0 Å². The first-order valence-electron chi connectivity index (χ1n) is 8.13. The maximum absolute atomic E-state index is 12.9. The van der Waals surface area contributed by atoms with Crippen LogP contribution >= 0.6 is 11.6 Å². The first kappa shape index (κ1) is 16.7. The Hall–Kier alpha value is -2.73. The normalized spacial score (nSPS) is 16.1. The lowest BCUT2D eigenvalue weighted by molar-refractivity contribution is -0.118. The second-order valence-electron chi connectivity index (χ2n) is 6.29. The summed E-state index contributed by atoms with van der Waals surface area (Å²) in [6.45, 7) is 0.188. The van der Waals surface area contributed by atoms with Gasteiger partial charge < -0.3 is 19.5 Å². The highest BCUT2D eigenvalue weighted by Gasteiger charge is 2.51. The van der Waals surface area contributed by atoms with Crippen LogP contribution in [0, 0.1) is 0 Å². The van der Waals surface area contributed by atoms with Crippen LogP contribution in [0.2, 0.25) is 5.02 Å². The van der Waals surface area contributed by atoms with Crippen molar-refractivity contribution < 1.29 is 23.8 Å².